The Kier molecular flexibility index (Phi) is 4.69. The highest BCUT2D eigenvalue weighted by atomic mass is 16.5. The maximum atomic E-state index is 5.84. The number of pyridine rings is 1. The molecule has 0 amide bonds. The molecule has 0 spiro atoms. The molecule has 3 heterocycles. The van der Waals surface area contributed by atoms with Crippen LogP contribution in [0.1, 0.15) is 32.4 Å². The van der Waals surface area contributed by atoms with Crippen molar-refractivity contribution >= 4 is 5.69 Å². The molecule has 1 atom stereocenters. The van der Waals surface area contributed by atoms with Gasteiger partial charge in [0.15, 0.2) is 0 Å². The number of anilines is 1. The molecule has 0 N–H and O–H groups in total. The van der Waals surface area contributed by atoms with Crippen LogP contribution in [0, 0.1) is 12.8 Å². The van der Waals surface area contributed by atoms with Gasteiger partial charge in [0.05, 0.1) is 5.60 Å². The first-order valence-corrected chi connectivity index (χ1v) is 8.56. The Bertz CT molecular complexity index is 495. The predicted molar refractivity (Wildman–Crippen MR) is 90.4 cm³/mol. The zero-order chi connectivity index (χ0) is 15.6. The van der Waals surface area contributed by atoms with E-state index in [1.54, 1.807) is 0 Å². The average molecular weight is 303 g/mol. The molecular weight excluding hydrogens is 274 g/mol. The maximum absolute atomic E-state index is 5.84. The molecular formula is C18H29N3O. The average Bonchev–Trinajstić information content (AvgIpc) is 2.47. The first-order chi connectivity index (χ1) is 10.5. The van der Waals surface area contributed by atoms with Crippen LogP contribution >= 0.6 is 0 Å². The van der Waals surface area contributed by atoms with Crippen LogP contribution in [0.25, 0.3) is 0 Å². The minimum atomic E-state index is 0.0688. The molecule has 2 fully saturated rings. The van der Waals surface area contributed by atoms with Crippen molar-refractivity contribution in [2.75, 3.05) is 44.2 Å². The molecule has 0 bridgehead atoms. The lowest BCUT2D eigenvalue weighted by Gasteiger charge is -2.41. The molecule has 4 nitrogen and oxygen atoms in total. The lowest BCUT2D eigenvalue weighted by Crippen LogP contribution is -2.49. The first-order valence-electron chi connectivity index (χ1n) is 8.56. The van der Waals surface area contributed by atoms with Crippen LogP contribution in [-0.2, 0) is 4.74 Å². The Morgan fingerprint density at radius 3 is 2.73 bits per heavy atom. The smallest absolute Gasteiger partial charge is 0.0629 e. The second-order valence-corrected chi connectivity index (χ2v) is 7.41. The van der Waals surface area contributed by atoms with E-state index in [1.807, 2.05) is 6.20 Å². The van der Waals surface area contributed by atoms with Gasteiger partial charge >= 0.3 is 0 Å². The normalized spacial score (nSPS) is 26.1. The van der Waals surface area contributed by atoms with Gasteiger partial charge in [-0.2, -0.15) is 0 Å². The van der Waals surface area contributed by atoms with Gasteiger partial charge in [0.2, 0.25) is 0 Å². The van der Waals surface area contributed by atoms with E-state index in [2.05, 4.69) is 47.7 Å². The van der Waals surface area contributed by atoms with Gasteiger partial charge in [-0.25, -0.2) is 0 Å². The van der Waals surface area contributed by atoms with Crippen LogP contribution in [0.4, 0.5) is 5.69 Å². The second-order valence-electron chi connectivity index (χ2n) is 7.41. The maximum Gasteiger partial charge on any atom is 0.0629 e. The Morgan fingerprint density at radius 2 is 2.05 bits per heavy atom. The molecule has 0 saturated carbocycles. The van der Waals surface area contributed by atoms with E-state index in [9.17, 15) is 0 Å². The molecule has 2 aliphatic heterocycles. The van der Waals surface area contributed by atoms with Gasteiger partial charge in [-0.3, -0.25) is 9.88 Å². The Balaban J connectivity index is 1.49. The standard InChI is InChI=1S/C18H29N3O/c1-15-12-17(4-6-19-15)21-9-7-20(8-10-21)14-16-5-11-22-18(2,3)13-16/h4,6,12,16H,5,7-11,13-14H2,1-3H3/t16-/m0/s1. The molecule has 0 radical (unpaired) electrons. The number of ether oxygens (including phenoxy) is 1. The van der Waals surface area contributed by atoms with Crippen molar-refractivity contribution in [3.63, 3.8) is 0 Å². The molecule has 0 aromatic carbocycles. The van der Waals surface area contributed by atoms with E-state index < -0.39 is 0 Å². The summed E-state index contributed by atoms with van der Waals surface area (Å²) in [6, 6.07) is 4.32. The van der Waals surface area contributed by atoms with E-state index >= 15 is 0 Å². The van der Waals surface area contributed by atoms with Gasteiger partial charge < -0.3 is 9.64 Å². The van der Waals surface area contributed by atoms with Crippen LogP contribution in [0.15, 0.2) is 18.3 Å². The van der Waals surface area contributed by atoms with Crippen LogP contribution in [-0.4, -0.2) is 54.8 Å². The molecule has 22 heavy (non-hydrogen) atoms. The predicted octanol–water partition coefficient (Wildman–Crippen LogP) is 2.72. The van der Waals surface area contributed by atoms with Crippen LogP contribution < -0.4 is 4.90 Å². The summed E-state index contributed by atoms with van der Waals surface area (Å²) in [5.74, 6) is 0.790. The summed E-state index contributed by atoms with van der Waals surface area (Å²) in [4.78, 5) is 9.41. The highest BCUT2D eigenvalue weighted by Gasteiger charge is 2.30. The van der Waals surface area contributed by atoms with Crippen LogP contribution in [0.5, 0.6) is 0 Å². The fraction of sp³-hybridized carbons (Fsp3) is 0.722. The van der Waals surface area contributed by atoms with Crippen LogP contribution in [0.2, 0.25) is 0 Å². The SMILES string of the molecule is Cc1cc(N2CCN(C[C@H]3CCOC(C)(C)C3)CC2)ccn1. The lowest BCUT2D eigenvalue weighted by atomic mass is 9.88. The van der Waals surface area contributed by atoms with E-state index in [0.29, 0.717) is 0 Å². The number of rotatable bonds is 3. The third kappa shape index (κ3) is 3.99. The lowest BCUT2D eigenvalue weighted by molar-refractivity contribution is -0.0769. The van der Waals surface area contributed by atoms with Crippen molar-refractivity contribution in [2.45, 2.75) is 39.2 Å². The largest absolute Gasteiger partial charge is 0.376 e. The van der Waals surface area contributed by atoms with Crippen molar-refractivity contribution in [3.8, 4) is 0 Å². The molecule has 0 aliphatic carbocycles. The number of hydrogen-bond donors (Lipinski definition) is 0. The van der Waals surface area contributed by atoms with Crippen molar-refractivity contribution < 1.29 is 4.74 Å². The zero-order valence-corrected chi connectivity index (χ0v) is 14.2. The minimum absolute atomic E-state index is 0.0688. The summed E-state index contributed by atoms with van der Waals surface area (Å²) in [6.45, 7) is 13.2. The highest BCUT2D eigenvalue weighted by molar-refractivity contribution is 5.46. The summed E-state index contributed by atoms with van der Waals surface area (Å²) in [6.07, 6.45) is 4.32. The Labute approximate surface area is 134 Å². The van der Waals surface area contributed by atoms with Crippen molar-refractivity contribution in [1.82, 2.24) is 9.88 Å². The van der Waals surface area contributed by atoms with Gasteiger partial charge in [-0.05, 0) is 51.7 Å². The topological polar surface area (TPSA) is 28.6 Å². The summed E-state index contributed by atoms with van der Waals surface area (Å²) < 4.78 is 5.84. The van der Waals surface area contributed by atoms with Gasteiger partial charge in [-0.1, -0.05) is 0 Å². The fourth-order valence-corrected chi connectivity index (χ4v) is 3.80. The van der Waals surface area contributed by atoms with Gasteiger partial charge in [0.1, 0.15) is 0 Å². The highest BCUT2D eigenvalue weighted by Crippen LogP contribution is 2.29. The molecule has 1 aromatic heterocycles. The van der Waals surface area contributed by atoms with Gasteiger partial charge in [0, 0.05) is 56.9 Å². The molecule has 122 valence electrons. The quantitative estimate of drug-likeness (QED) is 0.858. The number of piperazine rings is 1. The van der Waals surface area contributed by atoms with Crippen molar-refractivity contribution in [3.05, 3.63) is 24.0 Å². The molecule has 1 aromatic rings. The first kappa shape index (κ1) is 15.8. The zero-order valence-electron chi connectivity index (χ0n) is 14.2. The molecule has 0 unspecified atom stereocenters. The van der Waals surface area contributed by atoms with Crippen molar-refractivity contribution in [2.24, 2.45) is 5.92 Å². The third-order valence-electron chi connectivity index (χ3n) is 4.93. The number of hydrogen-bond acceptors (Lipinski definition) is 4. The van der Waals surface area contributed by atoms with E-state index in [4.69, 9.17) is 4.74 Å². The van der Waals surface area contributed by atoms with Gasteiger partial charge in [0.25, 0.3) is 0 Å². The van der Waals surface area contributed by atoms with E-state index in [0.717, 1.165) is 31.3 Å². The Morgan fingerprint density at radius 1 is 1.27 bits per heavy atom. The monoisotopic (exact) mass is 303 g/mol. The number of nitrogens with zero attached hydrogens (tertiary/aromatic N) is 3. The second kappa shape index (κ2) is 6.55. The summed E-state index contributed by atoms with van der Waals surface area (Å²) in [5, 5.41) is 0. The summed E-state index contributed by atoms with van der Waals surface area (Å²) >= 11 is 0. The molecule has 4 heteroatoms. The van der Waals surface area contributed by atoms with Crippen LogP contribution in [0.3, 0.4) is 0 Å². The third-order valence-corrected chi connectivity index (χ3v) is 4.93. The van der Waals surface area contributed by atoms with E-state index in [1.165, 1.54) is 38.2 Å². The summed E-state index contributed by atoms with van der Waals surface area (Å²) in [7, 11) is 0. The summed E-state index contributed by atoms with van der Waals surface area (Å²) in [5.41, 5.74) is 2.49. The van der Waals surface area contributed by atoms with E-state index in [-0.39, 0.29) is 5.60 Å². The molecule has 2 saturated heterocycles. The molecule has 2 aliphatic rings. The number of aryl methyl sites for hydroxylation is 1. The fourth-order valence-electron chi connectivity index (χ4n) is 3.80. The Hall–Kier alpha value is -1.13. The van der Waals surface area contributed by atoms with Gasteiger partial charge in [-0.15, -0.1) is 0 Å². The molecule has 3 rings (SSSR count). The van der Waals surface area contributed by atoms with Crippen molar-refractivity contribution in [1.29, 1.82) is 0 Å². The number of aromatic nitrogens is 1. The minimum Gasteiger partial charge on any atom is -0.376 e.